The molecule has 3 aromatic rings. The third-order valence-corrected chi connectivity index (χ3v) is 10.9. The summed E-state index contributed by atoms with van der Waals surface area (Å²) in [6, 6.07) is 0. The van der Waals surface area contributed by atoms with Crippen LogP contribution in [-0.2, 0) is 0 Å². The Morgan fingerprint density at radius 3 is 0.722 bits per heavy atom. The van der Waals surface area contributed by atoms with Gasteiger partial charge in [-0.05, 0) is 0 Å². The number of amides is 1. The summed E-state index contributed by atoms with van der Waals surface area (Å²) in [6.45, 7) is 0. The fourth-order valence-corrected chi connectivity index (χ4v) is 6.97. The summed E-state index contributed by atoms with van der Waals surface area (Å²) in [7, 11) is 0. The van der Waals surface area contributed by atoms with Gasteiger partial charge in [0.2, 0.25) is 0 Å². The monoisotopic (exact) mass is 762 g/mol. The smallest absolute Gasteiger partial charge is 0.251 e. The van der Waals surface area contributed by atoms with Gasteiger partial charge in [0, 0.05) is 16.7 Å². The van der Waals surface area contributed by atoms with Gasteiger partial charge in [-0.2, -0.15) is 0 Å². The van der Waals surface area contributed by atoms with Gasteiger partial charge < -0.3 is 5.73 Å². The summed E-state index contributed by atoms with van der Waals surface area (Å²) in [6.07, 6.45) is 0. The number of hydrogen-bond acceptors (Lipinski definition) is 1. The van der Waals surface area contributed by atoms with Crippen molar-refractivity contribution in [1.82, 2.24) is 0 Å². The topological polar surface area (TPSA) is 43.1 Å². The van der Waals surface area contributed by atoms with Crippen LogP contribution in [0.2, 0.25) is 70.3 Å². The number of hydrogen-bond donors (Lipinski definition) is 1. The molecule has 0 atom stereocenters. The first-order valence-corrected chi connectivity index (χ1v) is 13.9. The molecule has 0 saturated heterocycles. The normalized spacial score (nSPS) is 11.5. The number of benzene rings is 3. The van der Waals surface area contributed by atoms with Crippen LogP contribution in [0.25, 0.3) is 0 Å². The lowest BCUT2D eigenvalue weighted by atomic mass is 9.84. The molecular weight excluding hydrogens is 767 g/mol. The first-order valence-electron chi connectivity index (χ1n) is 8.64. The molecule has 36 heavy (non-hydrogen) atoms. The van der Waals surface area contributed by atoms with E-state index in [2.05, 4.69) is 0 Å². The van der Waals surface area contributed by atoms with Crippen molar-refractivity contribution in [3.63, 3.8) is 0 Å². The molecule has 3 aromatic carbocycles. The first kappa shape index (κ1) is 31.7. The molecule has 0 aliphatic carbocycles. The molecule has 0 bridgehead atoms. The van der Waals surface area contributed by atoms with Crippen LogP contribution in [0.5, 0.6) is 0 Å². The van der Waals surface area contributed by atoms with Crippen LogP contribution >= 0.6 is 162 Å². The molecule has 0 aliphatic rings. The Hall–Kier alpha value is 1.19. The molecule has 191 valence electrons. The maximum Gasteiger partial charge on any atom is 0.251 e. The first-order chi connectivity index (χ1) is 16.6. The van der Waals surface area contributed by atoms with Gasteiger partial charge in [-0.1, -0.05) is 162 Å². The molecule has 1 radical (unpaired) electrons. The summed E-state index contributed by atoms with van der Waals surface area (Å²) in [5.41, 5.74) is 4.66. The van der Waals surface area contributed by atoms with Gasteiger partial charge in [0.05, 0.1) is 81.8 Å². The second-order valence-corrected chi connectivity index (χ2v) is 11.9. The standard InChI is InChI=1S/C20H2Cl14NO/c21-6-2(7(22)13(28)5(12(6)27)20(35)36)1(3-8(23)14(29)18(33)15(30)9(3)24)4-10(25)16(31)19(34)17(32)11(4)26/h(H2,35,36). The van der Waals surface area contributed by atoms with Crippen LogP contribution in [0.4, 0.5) is 0 Å². The summed E-state index contributed by atoms with van der Waals surface area (Å²) in [5, 5.41) is -3.35. The van der Waals surface area contributed by atoms with Gasteiger partial charge in [0.25, 0.3) is 5.91 Å². The molecule has 0 saturated carbocycles. The number of halogens is 14. The van der Waals surface area contributed by atoms with E-state index in [0.29, 0.717) is 0 Å². The van der Waals surface area contributed by atoms with Crippen molar-refractivity contribution >= 4 is 168 Å². The maximum atomic E-state index is 12.0. The van der Waals surface area contributed by atoms with Crippen molar-refractivity contribution in [2.24, 2.45) is 5.73 Å². The highest BCUT2D eigenvalue weighted by atomic mass is 35.5. The van der Waals surface area contributed by atoms with Crippen molar-refractivity contribution in [1.29, 1.82) is 0 Å². The summed E-state index contributed by atoms with van der Waals surface area (Å²) in [4.78, 5) is 12.0. The second kappa shape index (κ2) is 12.0. The number of primary amides is 1. The molecule has 0 aliphatic heterocycles. The lowest BCUT2D eigenvalue weighted by Crippen LogP contribution is -2.16. The summed E-state index contributed by atoms with van der Waals surface area (Å²) in [5.74, 6) is -1.14. The molecule has 2 N–H and O–H groups in total. The van der Waals surface area contributed by atoms with E-state index in [0.717, 1.165) is 0 Å². The van der Waals surface area contributed by atoms with Crippen LogP contribution in [0, 0.1) is 5.92 Å². The van der Waals surface area contributed by atoms with Gasteiger partial charge >= 0.3 is 0 Å². The fourth-order valence-electron chi connectivity index (χ4n) is 3.09. The van der Waals surface area contributed by atoms with Gasteiger partial charge in [-0.15, -0.1) is 0 Å². The molecular formula is C20H2Cl14NO. The zero-order valence-electron chi connectivity index (χ0n) is 16.3. The molecule has 2 nitrogen and oxygen atoms in total. The number of carbonyl (C=O) groups excluding carboxylic acids is 1. The Morgan fingerprint density at radius 2 is 0.500 bits per heavy atom. The van der Waals surface area contributed by atoms with Crippen LogP contribution in [0.1, 0.15) is 27.0 Å². The largest absolute Gasteiger partial charge is 0.366 e. The van der Waals surface area contributed by atoms with E-state index < -0.39 is 5.91 Å². The van der Waals surface area contributed by atoms with Crippen LogP contribution in [0.15, 0.2) is 0 Å². The molecule has 0 heterocycles. The van der Waals surface area contributed by atoms with Gasteiger partial charge in [0.15, 0.2) is 0 Å². The van der Waals surface area contributed by atoms with Crippen LogP contribution in [0.3, 0.4) is 0 Å². The Labute approximate surface area is 274 Å². The summed E-state index contributed by atoms with van der Waals surface area (Å²) < 4.78 is 0. The SMILES string of the molecule is NC(=O)c1c(Cl)c(Cl)c([C](c2c(Cl)c(Cl)c(Cl)c(Cl)c2Cl)c2c(Cl)c(Cl)c(Cl)c(Cl)c2Cl)c(Cl)c1Cl. The highest BCUT2D eigenvalue weighted by molar-refractivity contribution is 6.58. The molecule has 0 aromatic heterocycles. The summed E-state index contributed by atoms with van der Waals surface area (Å²) >= 11 is 89.7. The molecule has 3 rings (SSSR count). The Balaban J connectivity index is 2.69. The number of rotatable bonds is 4. The highest BCUT2D eigenvalue weighted by Gasteiger charge is 2.38. The van der Waals surface area contributed by atoms with Gasteiger partial charge in [-0.25, -0.2) is 0 Å². The minimum absolute atomic E-state index is 0.112. The average Bonchev–Trinajstić information content (AvgIpc) is 2.82. The van der Waals surface area contributed by atoms with Crippen molar-refractivity contribution < 1.29 is 4.79 Å². The zero-order chi connectivity index (χ0) is 27.5. The van der Waals surface area contributed by atoms with Crippen molar-refractivity contribution in [3.05, 3.63) is 98.5 Å². The predicted octanol–water partition coefficient (Wildman–Crippen LogP) is 13.0. The molecule has 16 heteroatoms. The highest BCUT2D eigenvalue weighted by Crippen LogP contribution is 2.57. The van der Waals surface area contributed by atoms with E-state index in [4.69, 9.17) is 168 Å². The fraction of sp³-hybridized carbons (Fsp3) is 0. The quantitative estimate of drug-likeness (QED) is 0.160. The minimum atomic E-state index is -1.01. The Morgan fingerprint density at radius 1 is 0.333 bits per heavy atom. The van der Waals surface area contributed by atoms with Crippen LogP contribution < -0.4 is 5.73 Å². The Kier molecular flexibility index (Phi) is 10.5. The molecule has 1 amide bonds. The molecule has 0 unspecified atom stereocenters. The second-order valence-electron chi connectivity index (χ2n) is 6.64. The van der Waals surface area contributed by atoms with E-state index in [1.807, 2.05) is 0 Å². The van der Waals surface area contributed by atoms with E-state index in [-0.39, 0.29) is 98.5 Å². The van der Waals surface area contributed by atoms with Crippen molar-refractivity contribution in [2.45, 2.75) is 0 Å². The van der Waals surface area contributed by atoms with E-state index in [1.165, 1.54) is 0 Å². The number of nitrogens with two attached hydrogens (primary N) is 1. The lowest BCUT2D eigenvalue weighted by Gasteiger charge is -2.27. The van der Waals surface area contributed by atoms with Gasteiger partial charge in [-0.3, -0.25) is 4.79 Å². The average molecular weight is 769 g/mol. The Bertz CT molecular complexity index is 1310. The van der Waals surface area contributed by atoms with E-state index in [1.54, 1.807) is 0 Å². The maximum absolute atomic E-state index is 12.0. The number of carbonyl (C=O) groups is 1. The van der Waals surface area contributed by atoms with Gasteiger partial charge in [0.1, 0.15) is 0 Å². The third-order valence-electron chi connectivity index (χ3n) is 4.68. The van der Waals surface area contributed by atoms with E-state index >= 15 is 0 Å². The zero-order valence-corrected chi connectivity index (χ0v) is 26.9. The lowest BCUT2D eigenvalue weighted by molar-refractivity contribution is 0.100. The van der Waals surface area contributed by atoms with Crippen molar-refractivity contribution in [2.75, 3.05) is 0 Å². The third kappa shape index (κ3) is 5.17. The van der Waals surface area contributed by atoms with Crippen LogP contribution in [-0.4, -0.2) is 5.91 Å². The molecule has 0 spiro atoms. The minimum Gasteiger partial charge on any atom is -0.366 e. The predicted molar refractivity (Wildman–Crippen MR) is 159 cm³/mol. The molecule has 0 fully saturated rings. The van der Waals surface area contributed by atoms with Crippen molar-refractivity contribution in [3.8, 4) is 0 Å². The van der Waals surface area contributed by atoms with E-state index in [9.17, 15) is 4.79 Å².